The number of alkyl carbamates (subject to hydrolysis) is 1. The summed E-state index contributed by atoms with van der Waals surface area (Å²) in [6.45, 7) is 4.06. The van der Waals surface area contributed by atoms with Gasteiger partial charge in [-0.2, -0.15) is 0 Å². The molecule has 11 nitrogen and oxygen atoms in total. The number of imidazole rings is 1. The Kier molecular flexibility index (Phi) is 7.36. The number of amides is 1. The first-order valence-electron chi connectivity index (χ1n) is 11.3. The number of anilines is 2. The standard InChI is InChI=1S/C23H28ClN7O4S/c1-12-9-15(18(24)17(10-12)31-36(4,33)34)19-20(30-21(29-19)14-5-6-14)16-7-8-25-22(28-16)26-11-13(2)27-23(32)35-3/h7-10,13-14,31H,5-6,11H2,1-4H3,(H,27,32)(H,29,30)(H,25,26,28). The molecule has 1 amide bonds. The zero-order valence-electron chi connectivity index (χ0n) is 20.3. The highest BCUT2D eigenvalue weighted by atomic mass is 35.5. The quantitative estimate of drug-likeness (QED) is 0.323. The predicted molar refractivity (Wildman–Crippen MR) is 139 cm³/mol. The van der Waals surface area contributed by atoms with Crippen LogP contribution in [0.15, 0.2) is 24.4 Å². The molecular weight excluding hydrogens is 506 g/mol. The van der Waals surface area contributed by atoms with Crippen molar-refractivity contribution in [3.05, 3.63) is 40.8 Å². The SMILES string of the molecule is COC(=O)NC(C)CNc1nccc(-c2[nH]c(C3CC3)nc2-c2cc(C)cc(NS(C)(=O)=O)c2Cl)n1. The Morgan fingerprint density at radius 3 is 2.72 bits per heavy atom. The normalized spacial score (nSPS) is 14.2. The molecule has 2 aromatic heterocycles. The zero-order valence-corrected chi connectivity index (χ0v) is 21.9. The van der Waals surface area contributed by atoms with Crippen LogP contribution in [0.25, 0.3) is 22.6 Å². The molecule has 1 aromatic carbocycles. The molecule has 36 heavy (non-hydrogen) atoms. The molecule has 13 heteroatoms. The van der Waals surface area contributed by atoms with Gasteiger partial charge in [0.1, 0.15) is 5.82 Å². The summed E-state index contributed by atoms with van der Waals surface area (Å²) in [5.74, 6) is 1.54. The number of halogens is 1. The third-order valence-electron chi connectivity index (χ3n) is 5.48. The van der Waals surface area contributed by atoms with E-state index in [1.807, 2.05) is 19.9 Å². The van der Waals surface area contributed by atoms with Crippen molar-refractivity contribution in [3.8, 4) is 22.6 Å². The molecule has 2 heterocycles. The molecule has 1 saturated carbocycles. The predicted octanol–water partition coefficient (Wildman–Crippen LogP) is 3.90. The molecule has 0 saturated heterocycles. The lowest BCUT2D eigenvalue weighted by molar-refractivity contribution is 0.168. The number of nitrogens with zero attached hydrogens (tertiary/aromatic N) is 3. The van der Waals surface area contributed by atoms with Gasteiger partial charge in [-0.15, -0.1) is 0 Å². The third-order valence-corrected chi connectivity index (χ3v) is 6.48. The topological polar surface area (TPSA) is 151 Å². The van der Waals surface area contributed by atoms with Crippen molar-refractivity contribution in [2.24, 2.45) is 0 Å². The number of hydrogen-bond acceptors (Lipinski definition) is 8. The lowest BCUT2D eigenvalue weighted by atomic mass is 10.0. The van der Waals surface area contributed by atoms with Crippen LogP contribution in [0.3, 0.4) is 0 Å². The van der Waals surface area contributed by atoms with Gasteiger partial charge < -0.3 is 20.4 Å². The van der Waals surface area contributed by atoms with E-state index in [2.05, 4.69) is 35.0 Å². The van der Waals surface area contributed by atoms with Crippen molar-refractivity contribution in [1.29, 1.82) is 0 Å². The molecule has 4 rings (SSSR count). The fourth-order valence-corrected chi connectivity index (χ4v) is 4.54. The van der Waals surface area contributed by atoms with Crippen LogP contribution in [0.2, 0.25) is 5.02 Å². The fraction of sp³-hybridized carbons (Fsp3) is 0.391. The summed E-state index contributed by atoms with van der Waals surface area (Å²) in [7, 11) is -2.22. The van der Waals surface area contributed by atoms with Gasteiger partial charge in [-0.3, -0.25) is 4.72 Å². The number of sulfonamides is 1. The number of H-pyrrole nitrogens is 1. The number of methoxy groups -OCH3 is 1. The van der Waals surface area contributed by atoms with Crippen molar-refractivity contribution >= 4 is 39.4 Å². The van der Waals surface area contributed by atoms with Crippen LogP contribution in [-0.2, 0) is 14.8 Å². The molecule has 0 radical (unpaired) electrons. The van der Waals surface area contributed by atoms with Gasteiger partial charge in [-0.1, -0.05) is 11.6 Å². The lowest BCUT2D eigenvalue weighted by Crippen LogP contribution is -2.37. The molecule has 1 unspecified atom stereocenters. The number of aromatic nitrogens is 4. The molecule has 0 bridgehead atoms. The van der Waals surface area contributed by atoms with Crippen LogP contribution in [0.5, 0.6) is 0 Å². The van der Waals surface area contributed by atoms with E-state index in [4.69, 9.17) is 16.6 Å². The monoisotopic (exact) mass is 533 g/mol. The second kappa shape index (κ2) is 10.3. The number of aromatic amines is 1. The molecule has 4 N–H and O–H groups in total. The number of rotatable bonds is 9. The Labute approximate surface area is 214 Å². The molecule has 1 fully saturated rings. The number of nitrogens with one attached hydrogen (secondary N) is 4. The van der Waals surface area contributed by atoms with Crippen LogP contribution in [0.1, 0.15) is 37.1 Å². The van der Waals surface area contributed by atoms with E-state index in [1.165, 1.54) is 7.11 Å². The van der Waals surface area contributed by atoms with Crippen molar-refractivity contribution in [3.63, 3.8) is 0 Å². The van der Waals surface area contributed by atoms with Gasteiger partial charge in [0.05, 0.1) is 41.2 Å². The Bertz CT molecular complexity index is 1390. The highest BCUT2D eigenvalue weighted by molar-refractivity contribution is 7.92. The summed E-state index contributed by atoms with van der Waals surface area (Å²) in [5, 5.41) is 6.03. The van der Waals surface area contributed by atoms with Crippen LogP contribution in [-0.4, -0.2) is 60.4 Å². The highest BCUT2D eigenvalue weighted by Crippen LogP contribution is 2.44. The van der Waals surface area contributed by atoms with Crippen LogP contribution >= 0.6 is 11.6 Å². The van der Waals surface area contributed by atoms with E-state index in [9.17, 15) is 13.2 Å². The smallest absolute Gasteiger partial charge is 0.407 e. The summed E-state index contributed by atoms with van der Waals surface area (Å²) in [4.78, 5) is 28.6. The zero-order chi connectivity index (χ0) is 26.0. The largest absolute Gasteiger partial charge is 0.453 e. The molecule has 1 atom stereocenters. The number of aryl methyl sites for hydroxylation is 1. The Morgan fingerprint density at radius 2 is 2.06 bits per heavy atom. The molecule has 0 aliphatic heterocycles. The van der Waals surface area contributed by atoms with Crippen LogP contribution in [0, 0.1) is 6.92 Å². The minimum absolute atomic E-state index is 0.222. The first-order valence-corrected chi connectivity index (χ1v) is 13.6. The van der Waals surface area contributed by atoms with E-state index in [1.54, 1.807) is 18.3 Å². The van der Waals surface area contributed by atoms with E-state index in [0.29, 0.717) is 41.1 Å². The second-order valence-electron chi connectivity index (χ2n) is 8.85. The second-order valence-corrected chi connectivity index (χ2v) is 11.0. The van der Waals surface area contributed by atoms with E-state index < -0.39 is 16.1 Å². The number of carbonyl (C=O) groups is 1. The summed E-state index contributed by atoms with van der Waals surface area (Å²) in [6.07, 6.45) is 4.26. The van der Waals surface area contributed by atoms with Gasteiger partial charge in [0.2, 0.25) is 16.0 Å². The molecule has 1 aliphatic carbocycles. The van der Waals surface area contributed by atoms with E-state index in [-0.39, 0.29) is 16.8 Å². The summed E-state index contributed by atoms with van der Waals surface area (Å²) < 4.78 is 30.9. The number of hydrogen-bond donors (Lipinski definition) is 4. The fourth-order valence-electron chi connectivity index (χ4n) is 3.68. The van der Waals surface area contributed by atoms with Gasteiger partial charge in [-0.25, -0.2) is 28.2 Å². The lowest BCUT2D eigenvalue weighted by Gasteiger charge is -2.14. The first kappa shape index (κ1) is 25.7. The van der Waals surface area contributed by atoms with E-state index in [0.717, 1.165) is 30.5 Å². The summed E-state index contributed by atoms with van der Waals surface area (Å²) in [5.41, 5.74) is 3.51. The summed E-state index contributed by atoms with van der Waals surface area (Å²) in [6, 6.07) is 5.08. The van der Waals surface area contributed by atoms with Crippen LogP contribution in [0.4, 0.5) is 16.4 Å². The number of carbonyl (C=O) groups excluding carboxylic acids is 1. The van der Waals surface area contributed by atoms with Gasteiger partial charge in [0, 0.05) is 30.3 Å². The van der Waals surface area contributed by atoms with Crippen molar-refractivity contribution in [1.82, 2.24) is 25.3 Å². The molecule has 192 valence electrons. The van der Waals surface area contributed by atoms with Gasteiger partial charge in [0.25, 0.3) is 0 Å². The van der Waals surface area contributed by atoms with Crippen molar-refractivity contribution in [2.75, 3.05) is 29.9 Å². The maximum atomic E-state index is 11.9. The van der Waals surface area contributed by atoms with Crippen molar-refractivity contribution < 1.29 is 17.9 Å². The summed E-state index contributed by atoms with van der Waals surface area (Å²) >= 11 is 6.68. The maximum absolute atomic E-state index is 11.9. The van der Waals surface area contributed by atoms with Gasteiger partial charge in [-0.05, 0) is 50.5 Å². The third kappa shape index (κ3) is 6.24. The van der Waals surface area contributed by atoms with Crippen molar-refractivity contribution in [2.45, 2.75) is 38.6 Å². The minimum Gasteiger partial charge on any atom is -0.453 e. The Hall–Kier alpha value is -3.38. The average molecular weight is 534 g/mol. The molecule has 1 aliphatic rings. The maximum Gasteiger partial charge on any atom is 0.407 e. The van der Waals surface area contributed by atoms with Gasteiger partial charge >= 0.3 is 6.09 Å². The Balaban J connectivity index is 1.70. The molecule has 0 spiro atoms. The highest BCUT2D eigenvalue weighted by Gasteiger charge is 2.30. The average Bonchev–Trinajstić information content (AvgIpc) is 3.57. The van der Waals surface area contributed by atoms with Crippen LogP contribution < -0.4 is 15.4 Å². The van der Waals surface area contributed by atoms with Gasteiger partial charge in [0.15, 0.2) is 0 Å². The number of benzene rings is 1. The van der Waals surface area contributed by atoms with E-state index >= 15 is 0 Å². The number of ether oxygens (including phenoxy) is 1. The molecule has 3 aromatic rings. The molecular formula is C23H28ClN7O4S. The Morgan fingerprint density at radius 1 is 1.31 bits per heavy atom. The first-order chi connectivity index (χ1) is 17.0. The minimum atomic E-state index is -3.53.